The Kier molecular flexibility index (Phi) is 3.55. The number of nitrogens with one attached hydrogen (secondary N) is 1. The molecule has 2 heterocycles. The van der Waals surface area contributed by atoms with Crippen molar-refractivity contribution in [1.29, 1.82) is 0 Å². The minimum absolute atomic E-state index is 0.0829. The lowest BCUT2D eigenvalue weighted by Crippen LogP contribution is -2.07. The molecule has 120 valence electrons. The number of aryl methyl sites for hydroxylation is 1. The van der Waals surface area contributed by atoms with E-state index in [1.54, 1.807) is 0 Å². The number of aromatic nitrogens is 1. The van der Waals surface area contributed by atoms with Gasteiger partial charge in [-0.2, -0.15) is 18.3 Å². The number of hydrogen-bond acceptors (Lipinski definition) is 4. The molecule has 0 amide bonds. The first-order valence-corrected chi connectivity index (χ1v) is 6.70. The maximum atomic E-state index is 12.7. The van der Waals surface area contributed by atoms with Gasteiger partial charge < -0.3 is 4.57 Å². The molecule has 0 bridgehead atoms. The second-order valence-corrected chi connectivity index (χ2v) is 4.99. The second-order valence-electron chi connectivity index (χ2n) is 4.99. The maximum Gasteiger partial charge on any atom is 0.416 e. The minimum atomic E-state index is -4.64. The first-order chi connectivity index (χ1) is 10.9. The van der Waals surface area contributed by atoms with Crippen LogP contribution in [0.1, 0.15) is 17.7 Å². The van der Waals surface area contributed by atoms with Crippen LogP contribution in [0.3, 0.4) is 0 Å². The van der Waals surface area contributed by atoms with Crippen molar-refractivity contribution in [3.8, 4) is 0 Å². The van der Waals surface area contributed by atoms with Crippen LogP contribution in [0.25, 0.3) is 0 Å². The lowest BCUT2D eigenvalue weighted by Gasteiger charge is -2.08. The molecule has 0 fully saturated rings. The first kappa shape index (κ1) is 15.1. The Morgan fingerprint density at radius 3 is 2.78 bits per heavy atom. The third-order valence-corrected chi connectivity index (χ3v) is 3.55. The SMILES string of the molecule is O=[N+]([O-])c1cc(C(F)(F)F)ccc1N/N=C1/CCn2cccc21. The molecule has 0 radical (unpaired) electrons. The Hall–Kier alpha value is -2.84. The van der Waals surface area contributed by atoms with Crippen LogP contribution in [0, 0.1) is 10.1 Å². The molecule has 0 saturated carbocycles. The third kappa shape index (κ3) is 2.89. The molecule has 0 atom stereocenters. The highest BCUT2D eigenvalue weighted by Gasteiger charge is 2.33. The van der Waals surface area contributed by atoms with Crippen molar-refractivity contribution in [2.45, 2.75) is 19.1 Å². The number of rotatable bonds is 3. The molecule has 0 aliphatic carbocycles. The van der Waals surface area contributed by atoms with Crippen molar-refractivity contribution in [2.24, 2.45) is 5.10 Å². The van der Waals surface area contributed by atoms with E-state index < -0.39 is 22.4 Å². The maximum absolute atomic E-state index is 12.7. The van der Waals surface area contributed by atoms with Crippen LogP contribution in [-0.2, 0) is 12.7 Å². The van der Waals surface area contributed by atoms with Gasteiger partial charge in [0.05, 0.1) is 21.9 Å². The lowest BCUT2D eigenvalue weighted by molar-refractivity contribution is -0.384. The molecule has 0 unspecified atom stereocenters. The molecule has 1 aromatic heterocycles. The van der Waals surface area contributed by atoms with Gasteiger partial charge in [-0.3, -0.25) is 15.5 Å². The quantitative estimate of drug-likeness (QED) is 0.692. The predicted molar refractivity (Wildman–Crippen MR) is 77.3 cm³/mol. The zero-order chi connectivity index (χ0) is 16.6. The van der Waals surface area contributed by atoms with Crippen LogP contribution >= 0.6 is 0 Å². The van der Waals surface area contributed by atoms with Crippen LogP contribution in [-0.4, -0.2) is 15.2 Å². The molecular formula is C14H11F3N4O2. The Labute approximate surface area is 128 Å². The van der Waals surface area contributed by atoms with Crippen LogP contribution in [0.15, 0.2) is 41.6 Å². The van der Waals surface area contributed by atoms with Gasteiger partial charge in [-0.15, -0.1) is 0 Å². The summed E-state index contributed by atoms with van der Waals surface area (Å²) in [5.74, 6) is 0. The molecule has 1 aromatic carbocycles. The number of nitro groups is 1. The fraction of sp³-hybridized carbons (Fsp3) is 0.214. The average Bonchev–Trinajstić information content (AvgIpc) is 3.07. The predicted octanol–water partition coefficient (Wildman–Crippen LogP) is 3.64. The lowest BCUT2D eigenvalue weighted by atomic mass is 10.1. The number of alkyl halides is 3. The van der Waals surface area contributed by atoms with Crippen molar-refractivity contribution in [2.75, 3.05) is 5.43 Å². The zero-order valence-electron chi connectivity index (χ0n) is 11.7. The van der Waals surface area contributed by atoms with Gasteiger partial charge in [0.1, 0.15) is 5.69 Å². The van der Waals surface area contributed by atoms with Crippen LogP contribution in [0.2, 0.25) is 0 Å². The summed E-state index contributed by atoms with van der Waals surface area (Å²) in [6, 6.07) is 6.00. The van der Waals surface area contributed by atoms with Gasteiger partial charge in [0.2, 0.25) is 0 Å². The van der Waals surface area contributed by atoms with Gasteiger partial charge in [-0.05, 0) is 24.3 Å². The van der Waals surface area contributed by atoms with Crippen molar-refractivity contribution in [3.63, 3.8) is 0 Å². The number of benzene rings is 1. The average molecular weight is 324 g/mol. The second kappa shape index (κ2) is 5.41. The van der Waals surface area contributed by atoms with Crippen molar-refractivity contribution >= 4 is 17.1 Å². The number of anilines is 1. The summed E-state index contributed by atoms with van der Waals surface area (Å²) in [4.78, 5) is 10.1. The number of hydrazone groups is 1. The van der Waals surface area contributed by atoms with E-state index in [-0.39, 0.29) is 5.69 Å². The molecule has 23 heavy (non-hydrogen) atoms. The van der Waals surface area contributed by atoms with E-state index in [0.29, 0.717) is 18.2 Å². The van der Waals surface area contributed by atoms with E-state index in [9.17, 15) is 23.3 Å². The van der Waals surface area contributed by atoms with Crippen molar-refractivity contribution in [3.05, 3.63) is 57.9 Å². The third-order valence-electron chi connectivity index (χ3n) is 3.55. The van der Waals surface area contributed by atoms with Crippen LogP contribution in [0.5, 0.6) is 0 Å². The monoisotopic (exact) mass is 324 g/mol. The largest absolute Gasteiger partial charge is 0.416 e. The summed E-state index contributed by atoms with van der Waals surface area (Å²) in [6.45, 7) is 0.748. The highest BCUT2D eigenvalue weighted by atomic mass is 19.4. The highest BCUT2D eigenvalue weighted by Crippen LogP contribution is 2.35. The minimum Gasteiger partial charge on any atom is -0.346 e. The Bertz CT molecular complexity index is 796. The van der Waals surface area contributed by atoms with E-state index in [2.05, 4.69) is 10.5 Å². The van der Waals surface area contributed by atoms with Gasteiger partial charge >= 0.3 is 6.18 Å². The van der Waals surface area contributed by atoms with Gasteiger partial charge in [0, 0.05) is 25.2 Å². The van der Waals surface area contributed by atoms with E-state index in [1.165, 1.54) is 0 Å². The summed E-state index contributed by atoms with van der Waals surface area (Å²) in [7, 11) is 0. The van der Waals surface area contributed by atoms with Gasteiger partial charge in [0.15, 0.2) is 0 Å². The molecule has 6 nitrogen and oxygen atoms in total. The Morgan fingerprint density at radius 2 is 2.09 bits per heavy atom. The number of fused-ring (bicyclic) bond motifs is 1. The number of halogens is 3. The first-order valence-electron chi connectivity index (χ1n) is 6.70. The summed E-state index contributed by atoms with van der Waals surface area (Å²) in [5, 5.41) is 15.1. The van der Waals surface area contributed by atoms with Gasteiger partial charge in [-0.25, -0.2) is 0 Å². The Balaban J connectivity index is 1.90. The standard InChI is InChI=1S/C14H11F3N4O2/c15-14(16,17)9-3-4-10(13(8-9)21(22)23)18-19-11-5-7-20-6-1-2-12(11)20/h1-4,6,8,18H,5,7H2/b19-11-. The Morgan fingerprint density at radius 1 is 1.30 bits per heavy atom. The van der Waals surface area contributed by atoms with E-state index >= 15 is 0 Å². The van der Waals surface area contributed by atoms with Crippen LogP contribution in [0.4, 0.5) is 24.5 Å². The van der Waals surface area contributed by atoms with Crippen molar-refractivity contribution in [1.82, 2.24) is 4.57 Å². The fourth-order valence-corrected chi connectivity index (χ4v) is 2.42. The van der Waals surface area contributed by atoms with E-state index in [4.69, 9.17) is 0 Å². The van der Waals surface area contributed by atoms with E-state index in [0.717, 1.165) is 24.4 Å². The zero-order valence-corrected chi connectivity index (χ0v) is 11.7. The summed E-state index contributed by atoms with van der Waals surface area (Å²) in [6.07, 6.45) is -2.10. The number of nitro benzene ring substituents is 1. The number of hydrogen-bond donors (Lipinski definition) is 1. The summed E-state index contributed by atoms with van der Waals surface area (Å²) < 4.78 is 39.9. The molecule has 1 aliphatic heterocycles. The van der Waals surface area contributed by atoms with Crippen LogP contribution < -0.4 is 5.43 Å². The summed E-state index contributed by atoms with van der Waals surface area (Å²) >= 11 is 0. The highest BCUT2D eigenvalue weighted by molar-refractivity contribution is 6.01. The molecule has 1 N–H and O–H groups in total. The molecule has 2 aromatic rings. The molecule has 3 rings (SSSR count). The smallest absolute Gasteiger partial charge is 0.346 e. The summed E-state index contributed by atoms with van der Waals surface area (Å²) in [5.41, 5.74) is 2.27. The van der Waals surface area contributed by atoms with Gasteiger partial charge in [0.25, 0.3) is 5.69 Å². The molecule has 1 aliphatic rings. The topological polar surface area (TPSA) is 72.5 Å². The molecular weight excluding hydrogens is 313 g/mol. The van der Waals surface area contributed by atoms with E-state index in [1.807, 2.05) is 22.9 Å². The molecule has 9 heteroatoms. The normalized spacial score (nSPS) is 15.7. The van der Waals surface area contributed by atoms with Gasteiger partial charge in [-0.1, -0.05) is 0 Å². The molecule has 0 saturated heterocycles. The molecule has 0 spiro atoms. The number of nitrogens with zero attached hydrogens (tertiary/aromatic N) is 3. The fourth-order valence-electron chi connectivity index (χ4n) is 2.42. The van der Waals surface area contributed by atoms with Crippen molar-refractivity contribution < 1.29 is 18.1 Å².